The molecule has 92 valence electrons. The zero-order chi connectivity index (χ0) is 12.8. The van der Waals surface area contributed by atoms with Gasteiger partial charge in [-0.05, 0) is 26.0 Å². The lowest BCUT2D eigenvalue weighted by Gasteiger charge is -2.12. The monoisotopic (exact) mass is 233 g/mol. The Bertz CT molecular complexity index is 394. The maximum absolute atomic E-state index is 11.8. The maximum Gasteiger partial charge on any atom is 0.353 e. The van der Waals surface area contributed by atoms with Crippen LogP contribution in [0.1, 0.15) is 27.7 Å². The molecule has 0 aliphatic rings. The van der Waals surface area contributed by atoms with Crippen LogP contribution in [0.2, 0.25) is 0 Å². The first-order valence-corrected chi connectivity index (χ1v) is 5.85. The Balaban J connectivity index is 2.94. The van der Waals surface area contributed by atoms with Gasteiger partial charge in [-0.2, -0.15) is 0 Å². The minimum atomic E-state index is -0.334. The van der Waals surface area contributed by atoms with Gasteiger partial charge in [0.2, 0.25) is 0 Å². The molecule has 0 saturated heterocycles. The van der Waals surface area contributed by atoms with Crippen LogP contribution < -0.4 is 0 Å². The highest BCUT2D eigenvalue weighted by Crippen LogP contribution is 2.14. The maximum atomic E-state index is 11.8. The van der Waals surface area contributed by atoms with Crippen molar-refractivity contribution in [2.24, 2.45) is 10.9 Å². The third-order valence-electron chi connectivity index (χ3n) is 2.10. The Hall–Kier alpha value is -1.64. The van der Waals surface area contributed by atoms with Gasteiger partial charge in [0.25, 0.3) is 0 Å². The molecule has 0 bridgehead atoms. The molecule has 0 aromatic heterocycles. The summed E-state index contributed by atoms with van der Waals surface area (Å²) in [6, 6.07) is 9.44. The smallest absolute Gasteiger partial charge is 0.353 e. The van der Waals surface area contributed by atoms with E-state index in [-0.39, 0.29) is 18.0 Å². The fraction of sp³-hybridized carbons (Fsp3) is 0.429. The van der Waals surface area contributed by atoms with Crippen LogP contribution in [0.4, 0.5) is 5.69 Å². The number of benzene rings is 1. The highest BCUT2D eigenvalue weighted by molar-refractivity contribution is 6.37. The Labute approximate surface area is 103 Å². The van der Waals surface area contributed by atoms with Crippen LogP contribution in [0.5, 0.6) is 0 Å². The van der Waals surface area contributed by atoms with Gasteiger partial charge in [0.15, 0.2) is 0 Å². The van der Waals surface area contributed by atoms with E-state index in [9.17, 15) is 4.79 Å². The van der Waals surface area contributed by atoms with Crippen molar-refractivity contribution in [2.75, 3.05) is 0 Å². The average Bonchev–Trinajstić information content (AvgIpc) is 2.25. The molecule has 0 N–H and O–H groups in total. The Morgan fingerprint density at radius 3 is 2.18 bits per heavy atom. The molecule has 0 fully saturated rings. The molecular formula is C14H19NO2. The number of hydrogen-bond donors (Lipinski definition) is 0. The number of carbonyl (C=O) groups excluding carboxylic acids is 1. The second-order valence-electron chi connectivity index (χ2n) is 4.44. The van der Waals surface area contributed by atoms with Gasteiger partial charge >= 0.3 is 5.97 Å². The molecule has 1 aromatic carbocycles. The summed E-state index contributed by atoms with van der Waals surface area (Å²) in [5, 5.41) is 0. The SMILES string of the molecule is CC(C)OC(=O)/C(=N\c1ccccc1)C(C)C. The van der Waals surface area contributed by atoms with Gasteiger partial charge < -0.3 is 4.74 Å². The van der Waals surface area contributed by atoms with Crippen molar-refractivity contribution < 1.29 is 9.53 Å². The minimum absolute atomic E-state index is 0.0430. The Kier molecular flexibility index (Phi) is 4.88. The molecule has 0 amide bonds. The number of nitrogens with zero attached hydrogens (tertiary/aromatic N) is 1. The largest absolute Gasteiger partial charge is 0.458 e. The van der Waals surface area contributed by atoms with Gasteiger partial charge in [-0.3, -0.25) is 0 Å². The third-order valence-corrected chi connectivity index (χ3v) is 2.10. The second kappa shape index (κ2) is 6.18. The van der Waals surface area contributed by atoms with E-state index in [0.29, 0.717) is 5.71 Å². The first-order chi connectivity index (χ1) is 8.00. The van der Waals surface area contributed by atoms with E-state index < -0.39 is 0 Å². The van der Waals surface area contributed by atoms with Crippen molar-refractivity contribution in [2.45, 2.75) is 33.8 Å². The lowest BCUT2D eigenvalue weighted by Crippen LogP contribution is -2.25. The van der Waals surface area contributed by atoms with Gasteiger partial charge in [-0.15, -0.1) is 0 Å². The molecule has 0 heterocycles. The zero-order valence-electron chi connectivity index (χ0n) is 10.8. The summed E-state index contributed by atoms with van der Waals surface area (Å²) in [5.74, 6) is -0.291. The van der Waals surface area contributed by atoms with Crippen LogP contribution in [0.3, 0.4) is 0 Å². The number of esters is 1. The van der Waals surface area contributed by atoms with Crippen LogP contribution in [0.25, 0.3) is 0 Å². The fourth-order valence-electron chi connectivity index (χ4n) is 1.33. The summed E-state index contributed by atoms with van der Waals surface area (Å²) in [7, 11) is 0. The summed E-state index contributed by atoms with van der Waals surface area (Å²) < 4.78 is 5.18. The summed E-state index contributed by atoms with van der Waals surface area (Å²) in [4.78, 5) is 16.2. The Morgan fingerprint density at radius 2 is 1.71 bits per heavy atom. The van der Waals surface area contributed by atoms with E-state index in [4.69, 9.17) is 4.74 Å². The van der Waals surface area contributed by atoms with Crippen LogP contribution in [0, 0.1) is 5.92 Å². The molecule has 0 aliphatic heterocycles. The fourth-order valence-corrected chi connectivity index (χ4v) is 1.33. The summed E-state index contributed by atoms with van der Waals surface area (Å²) >= 11 is 0. The summed E-state index contributed by atoms with van der Waals surface area (Å²) in [6.07, 6.45) is -0.123. The van der Waals surface area contributed by atoms with E-state index in [1.807, 2.05) is 58.0 Å². The van der Waals surface area contributed by atoms with Gasteiger partial charge in [-0.25, -0.2) is 9.79 Å². The first-order valence-electron chi connectivity index (χ1n) is 5.85. The van der Waals surface area contributed by atoms with Crippen molar-refractivity contribution in [1.29, 1.82) is 0 Å². The molecular weight excluding hydrogens is 214 g/mol. The standard InChI is InChI=1S/C14H19NO2/c1-10(2)13(14(16)17-11(3)4)15-12-8-6-5-7-9-12/h5-11H,1-4H3/b15-13-. The topological polar surface area (TPSA) is 38.7 Å². The molecule has 0 atom stereocenters. The zero-order valence-corrected chi connectivity index (χ0v) is 10.8. The van der Waals surface area contributed by atoms with Crippen molar-refractivity contribution in [3.63, 3.8) is 0 Å². The Morgan fingerprint density at radius 1 is 1.12 bits per heavy atom. The van der Waals surface area contributed by atoms with E-state index in [1.165, 1.54) is 0 Å². The molecule has 3 heteroatoms. The van der Waals surface area contributed by atoms with Crippen molar-refractivity contribution >= 4 is 17.4 Å². The predicted octanol–water partition coefficient (Wildman–Crippen LogP) is 3.37. The molecule has 0 saturated carbocycles. The van der Waals surface area contributed by atoms with E-state index in [1.54, 1.807) is 0 Å². The summed E-state index contributed by atoms with van der Waals surface area (Å²) in [6.45, 7) is 7.53. The molecule has 0 aliphatic carbocycles. The van der Waals surface area contributed by atoms with Gasteiger partial charge in [-0.1, -0.05) is 32.0 Å². The number of para-hydroxylation sites is 1. The second-order valence-corrected chi connectivity index (χ2v) is 4.44. The van der Waals surface area contributed by atoms with Crippen LogP contribution in [0.15, 0.2) is 35.3 Å². The highest BCUT2D eigenvalue weighted by Gasteiger charge is 2.18. The van der Waals surface area contributed by atoms with Gasteiger partial charge in [0.05, 0.1) is 11.8 Å². The quantitative estimate of drug-likeness (QED) is 0.590. The van der Waals surface area contributed by atoms with Gasteiger partial charge in [0.1, 0.15) is 5.71 Å². The average molecular weight is 233 g/mol. The predicted molar refractivity (Wildman–Crippen MR) is 69.6 cm³/mol. The number of aliphatic imine (C=N–C) groups is 1. The third kappa shape index (κ3) is 4.39. The molecule has 1 rings (SSSR count). The van der Waals surface area contributed by atoms with Gasteiger partial charge in [0, 0.05) is 5.92 Å². The van der Waals surface area contributed by atoms with E-state index >= 15 is 0 Å². The molecule has 0 spiro atoms. The molecule has 17 heavy (non-hydrogen) atoms. The lowest BCUT2D eigenvalue weighted by molar-refractivity contribution is -0.139. The number of ether oxygens (including phenoxy) is 1. The van der Waals surface area contributed by atoms with Crippen molar-refractivity contribution in [1.82, 2.24) is 0 Å². The molecule has 1 aromatic rings. The molecule has 0 unspecified atom stereocenters. The van der Waals surface area contributed by atoms with Crippen LogP contribution in [-0.2, 0) is 9.53 Å². The normalized spacial score (nSPS) is 12.0. The lowest BCUT2D eigenvalue weighted by atomic mass is 10.1. The number of rotatable bonds is 4. The van der Waals surface area contributed by atoms with Crippen molar-refractivity contribution in [3.05, 3.63) is 30.3 Å². The minimum Gasteiger partial charge on any atom is -0.458 e. The number of hydrogen-bond acceptors (Lipinski definition) is 3. The highest BCUT2D eigenvalue weighted by atomic mass is 16.5. The molecule has 0 radical (unpaired) electrons. The summed E-state index contributed by atoms with van der Waals surface area (Å²) in [5.41, 5.74) is 1.24. The molecule has 3 nitrogen and oxygen atoms in total. The number of carbonyl (C=O) groups is 1. The van der Waals surface area contributed by atoms with E-state index in [2.05, 4.69) is 4.99 Å². The van der Waals surface area contributed by atoms with Crippen LogP contribution >= 0.6 is 0 Å². The first kappa shape index (κ1) is 13.4. The van der Waals surface area contributed by atoms with Crippen LogP contribution in [-0.4, -0.2) is 17.8 Å². The van der Waals surface area contributed by atoms with E-state index in [0.717, 1.165) is 5.69 Å². The van der Waals surface area contributed by atoms with Crippen molar-refractivity contribution in [3.8, 4) is 0 Å².